The van der Waals surface area contributed by atoms with Gasteiger partial charge in [-0.1, -0.05) is 5.16 Å². The fourth-order valence-corrected chi connectivity index (χ4v) is 3.42. The van der Waals surface area contributed by atoms with Crippen LogP contribution < -0.4 is 5.32 Å². The van der Waals surface area contributed by atoms with Crippen molar-refractivity contribution < 1.29 is 4.52 Å². The second-order valence-electron chi connectivity index (χ2n) is 4.50. The average molecular weight is 343 g/mol. The molecule has 0 spiro atoms. The number of thiophene rings is 1. The largest absolute Gasteiger partial charge is 0.338 e. The van der Waals surface area contributed by atoms with Crippen molar-refractivity contribution >= 4 is 27.3 Å². The van der Waals surface area contributed by atoms with Crippen molar-refractivity contribution in [2.75, 3.05) is 26.2 Å². The molecule has 1 aliphatic heterocycles. The third-order valence-corrected chi connectivity index (χ3v) is 4.67. The number of aromatic nitrogens is 2. The first-order valence-corrected chi connectivity index (χ1v) is 7.93. The topological polar surface area (TPSA) is 54.2 Å². The molecule has 0 aliphatic carbocycles. The predicted octanol–water partition coefficient (Wildman–Crippen LogP) is 2.36. The van der Waals surface area contributed by atoms with Crippen molar-refractivity contribution in [3.63, 3.8) is 0 Å². The van der Waals surface area contributed by atoms with E-state index >= 15 is 0 Å². The van der Waals surface area contributed by atoms with Crippen LogP contribution in [0, 0.1) is 0 Å². The van der Waals surface area contributed by atoms with Crippen LogP contribution >= 0.6 is 27.3 Å². The molecule has 1 N–H and O–H groups in total. The van der Waals surface area contributed by atoms with Crippen molar-refractivity contribution in [1.29, 1.82) is 0 Å². The van der Waals surface area contributed by atoms with E-state index in [-0.39, 0.29) is 0 Å². The van der Waals surface area contributed by atoms with Gasteiger partial charge in [0.25, 0.3) is 0 Å². The number of halogens is 1. The number of rotatable bonds is 3. The lowest BCUT2D eigenvalue weighted by molar-refractivity contribution is 0.239. The second-order valence-corrected chi connectivity index (χ2v) is 6.96. The highest BCUT2D eigenvalue weighted by atomic mass is 79.9. The molecule has 0 saturated carbocycles. The summed E-state index contributed by atoms with van der Waals surface area (Å²) in [5.41, 5.74) is 0. The van der Waals surface area contributed by atoms with Crippen molar-refractivity contribution in [2.45, 2.75) is 13.0 Å². The van der Waals surface area contributed by atoms with Crippen LogP contribution in [0.15, 0.2) is 20.4 Å². The van der Waals surface area contributed by atoms with Gasteiger partial charge in [0.1, 0.15) is 0 Å². The van der Waals surface area contributed by atoms with E-state index in [0.717, 1.165) is 41.4 Å². The smallest absolute Gasteiger partial charge is 0.241 e. The molecule has 102 valence electrons. The minimum absolute atomic E-state index is 0.679. The maximum atomic E-state index is 5.34. The fraction of sp³-hybridized carbons (Fsp3) is 0.500. The maximum absolute atomic E-state index is 5.34. The molecule has 19 heavy (non-hydrogen) atoms. The zero-order valence-electron chi connectivity index (χ0n) is 10.4. The van der Waals surface area contributed by atoms with Crippen LogP contribution in [0.1, 0.15) is 12.3 Å². The highest BCUT2D eigenvalue weighted by Crippen LogP contribution is 2.29. The van der Waals surface area contributed by atoms with Crippen LogP contribution in [0.5, 0.6) is 0 Å². The summed E-state index contributed by atoms with van der Waals surface area (Å²) < 4.78 is 6.42. The monoisotopic (exact) mass is 342 g/mol. The molecule has 5 nitrogen and oxygen atoms in total. The SMILES string of the molecule is Brc1ccc(-c2noc(CN3CCCNCC3)n2)s1. The summed E-state index contributed by atoms with van der Waals surface area (Å²) in [6.07, 6.45) is 1.17. The van der Waals surface area contributed by atoms with Crippen molar-refractivity contribution in [3.05, 3.63) is 21.8 Å². The van der Waals surface area contributed by atoms with Gasteiger partial charge in [0.2, 0.25) is 11.7 Å². The van der Waals surface area contributed by atoms with Gasteiger partial charge in [0.15, 0.2) is 0 Å². The van der Waals surface area contributed by atoms with E-state index in [4.69, 9.17) is 4.52 Å². The first-order chi connectivity index (χ1) is 9.31. The van der Waals surface area contributed by atoms with E-state index in [9.17, 15) is 0 Å². The maximum Gasteiger partial charge on any atom is 0.241 e. The molecule has 0 amide bonds. The first-order valence-electron chi connectivity index (χ1n) is 6.32. The summed E-state index contributed by atoms with van der Waals surface area (Å²) in [7, 11) is 0. The Morgan fingerprint density at radius 3 is 3.16 bits per heavy atom. The van der Waals surface area contributed by atoms with Crippen LogP contribution in [0.3, 0.4) is 0 Å². The summed E-state index contributed by atoms with van der Waals surface area (Å²) in [5, 5.41) is 7.43. The first kappa shape index (κ1) is 13.2. The molecule has 3 rings (SSSR count). The molecule has 2 aromatic heterocycles. The summed E-state index contributed by atoms with van der Waals surface area (Å²) >= 11 is 5.05. The molecule has 1 saturated heterocycles. The molecule has 2 aromatic rings. The number of nitrogens with one attached hydrogen (secondary N) is 1. The Hall–Kier alpha value is -0.760. The van der Waals surface area contributed by atoms with Gasteiger partial charge in [-0.05, 0) is 47.6 Å². The van der Waals surface area contributed by atoms with Crippen LogP contribution in [-0.4, -0.2) is 41.2 Å². The molecule has 7 heteroatoms. The van der Waals surface area contributed by atoms with Crippen LogP contribution in [-0.2, 0) is 6.54 Å². The Morgan fingerprint density at radius 1 is 1.37 bits per heavy atom. The lowest BCUT2D eigenvalue weighted by Crippen LogP contribution is -2.27. The van der Waals surface area contributed by atoms with Crippen LogP contribution in [0.4, 0.5) is 0 Å². The Bertz CT molecular complexity index is 533. The van der Waals surface area contributed by atoms with Gasteiger partial charge in [-0.15, -0.1) is 11.3 Å². The number of nitrogens with zero attached hydrogens (tertiary/aromatic N) is 3. The molecule has 0 unspecified atom stereocenters. The van der Waals surface area contributed by atoms with Gasteiger partial charge in [-0.2, -0.15) is 4.98 Å². The standard InChI is InChI=1S/C12H15BrN4OS/c13-10-3-2-9(19-10)12-15-11(18-16-12)8-17-6-1-4-14-5-7-17/h2-3,14H,1,4-8H2. The van der Waals surface area contributed by atoms with Gasteiger partial charge in [0, 0.05) is 13.1 Å². The highest BCUT2D eigenvalue weighted by molar-refractivity contribution is 9.11. The third-order valence-electron chi connectivity index (χ3n) is 3.05. The molecule has 3 heterocycles. The van der Waals surface area contributed by atoms with E-state index in [1.165, 1.54) is 6.42 Å². The molecule has 1 aliphatic rings. The van der Waals surface area contributed by atoms with Gasteiger partial charge in [-0.3, -0.25) is 4.90 Å². The van der Waals surface area contributed by atoms with Crippen molar-refractivity contribution in [3.8, 4) is 10.7 Å². The van der Waals surface area contributed by atoms with Gasteiger partial charge in [0.05, 0.1) is 15.2 Å². The van der Waals surface area contributed by atoms with E-state index in [1.807, 2.05) is 12.1 Å². The Balaban J connectivity index is 1.67. The van der Waals surface area contributed by atoms with Crippen molar-refractivity contribution in [2.24, 2.45) is 0 Å². The van der Waals surface area contributed by atoms with E-state index in [1.54, 1.807) is 11.3 Å². The minimum Gasteiger partial charge on any atom is -0.338 e. The number of hydrogen-bond donors (Lipinski definition) is 1. The van der Waals surface area contributed by atoms with Crippen molar-refractivity contribution in [1.82, 2.24) is 20.4 Å². The molecule has 0 bridgehead atoms. The Kier molecular flexibility index (Phi) is 4.27. The van der Waals surface area contributed by atoms with E-state index < -0.39 is 0 Å². The minimum atomic E-state index is 0.679. The second kappa shape index (κ2) is 6.13. The van der Waals surface area contributed by atoms with E-state index in [2.05, 4.69) is 36.3 Å². The summed E-state index contributed by atoms with van der Waals surface area (Å²) in [5.74, 6) is 1.38. The molecule has 0 aromatic carbocycles. The summed E-state index contributed by atoms with van der Waals surface area (Å²) in [6.45, 7) is 4.96. The zero-order chi connectivity index (χ0) is 13.1. The lowest BCUT2D eigenvalue weighted by Gasteiger charge is -2.16. The van der Waals surface area contributed by atoms with Gasteiger partial charge in [-0.25, -0.2) is 0 Å². The normalized spacial score (nSPS) is 17.5. The number of hydrogen-bond acceptors (Lipinski definition) is 6. The molecule has 0 radical (unpaired) electrons. The predicted molar refractivity (Wildman–Crippen MR) is 78.1 cm³/mol. The average Bonchev–Trinajstić information content (AvgIpc) is 2.94. The molecule has 1 fully saturated rings. The van der Waals surface area contributed by atoms with E-state index in [0.29, 0.717) is 11.7 Å². The zero-order valence-corrected chi connectivity index (χ0v) is 12.8. The quantitative estimate of drug-likeness (QED) is 0.927. The highest BCUT2D eigenvalue weighted by Gasteiger charge is 2.15. The third kappa shape index (κ3) is 3.42. The summed E-state index contributed by atoms with van der Waals surface area (Å²) in [6, 6.07) is 4.00. The van der Waals surface area contributed by atoms with Gasteiger partial charge >= 0.3 is 0 Å². The molecular formula is C12H15BrN4OS. The Labute approximate surface area is 124 Å². The fourth-order valence-electron chi connectivity index (χ4n) is 2.10. The molecular weight excluding hydrogens is 328 g/mol. The van der Waals surface area contributed by atoms with Crippen LogP contribution in [0.2, 0.25) is 0 Å². The Morgan fingerprint density at radius 2 is 2.32 bits per heavy atom. The lowest BCUT2D eigenvalue weighted by atomic mass is 10.4. The van der Waals surface area contributed by atoms with Gasteiger partial charge < -0.3 is 9.84 Å². The summed E-state index contributed by atoms with van der Waals surface area (Å²) in [4.78, 5) is 7.84. The molecule has 0 atom stereocenters. The van der Waals surface area contributed by atoms with Crippen LogP contribution in [0.25, 0.3) is 10.7 Å².